The summed E-state index contributed by atoms with van der Waals surface area (Å²) in [5, 5.41) is 0. The molecule has 1 aromatic carbocycles. The fourth-order valence-electron chi connectivity index (χ4n) is 2.63. The van der Waals surface area contributed by atoms with Gasteiger partial charge in [0.25, 0.3) is 0 Å². The average Bonchev–Trinajstić information content (AvgIpc) is 2.62. The molecule has 2 aliphatic rings. The van der Waals surface area contributed by atoms with E-state index in [9.17, 15) is 0 Å². The van der Waals surface area contributed by atoms with Gasteiger partial charge in [-0.15, -0.1) is 6.58 Å². The molecule has 0 radical (unpaired) electrons. The van der Waals surface area contributed by atoms with Gasteiger partial charge in [-0.25, -0.2) is 0 Å². The minimum absolute atomic E-state index is 0.195. The number of anilines is 1. The van der Waals surface area contributed by atoms with Crippen molar-refractivity contribution >= 4 is 17.7 Å². The summed E-state index contributed by atoms with van der Waals surface area (Å²) in [4.78, 5) is 8.66. The van der Waals surface area contributed by atoms with Crippen LogP contribution in [0.1, 0.15) is 17.2 Å². The molecule has 2 bridgehead atoms. The Morgan fingerprint density at radius 2 is 2.29 bits per heavy atom. The number of hydrogen-bond acceptors (Lipinski definition) is 3. The van der Waals surface area contributed by atoms with E-state index in [0.29, 0.717) is 6.67 Å². The Hall–Kier alpha value is -2.03. The van der Waals surface area contributed by atoms with Crippen molar-refractivity contribution in [2.24, 2.45) is 4.99 Å². The maximum absolute atomic E-state index is 4.42. The van der Waals surface area contributed by atoms with E-state index >= 15 is 0 Å². The highest BCUT2D eigenvalue weighted by Gasteiger charge is 2.33. The second-order valence-corrected chi connectivity index (χ2v) is 4.39. The zero-order chi connectivity index (χ0) is 12.0. The third-order valence-electron chi connectivity index (χ3n) is 3.46. The van der Waals surface area contributed by atoms with Gasteiger partial charge in [0.05, 0.1) is 18.1 Å². The van der Waals surface area contributed by atoms with E-state index in [2.05, 4.69) is 41.2 Å². The van der Waals surface area contributed by atoms with Gasteiger partial charge in [0.15, 0.2) is 0 Å². The second-order valence-electron chi connectivity index (χ2n) is 4.39. The lowest BCUT2D eigenvalue weighted by atomic mass is 10.0. The highest BCUT2D eigenvalue weighted by atomic mass is 15.3. The fourth-order valence-corrected chi connectivity index (χ4v) is 2.63. The predicted octanol–water partition coefficient (Wildman–Crippen LogP) is 2.64. The number of fused-ring (bicyclic) bond motifs is 1. The van der Waals surface area contributed by atoms with E-state index in [4.69, 9.17) is 0 Å². The Bertz CT molecular complexity index is 530. The topological polar surface area (TPSA) is 18.8 Å². The quantitative estimate of drug-likeness (QED) is 0.684. The van der Waals surface area contributed by atoms with Crippen LogP contribution >= 0.6 is 0 Å². The predicted molar refractivity (Wildman–Crippen MR) is 72.0 cm³/mol. The molecule has 1 unspecified atom stereocenters. The lowest BCUT2D eigenvalue weighted by Gasteiger charge is -2.25. The molecule has 0 fully saturated rings. The molecular weight excluding hydrogens is 210 g/mol. The molecule has 3 rings (SSSR count). The van der Waals surface area contributed by atoms with E-state index < -0.39 is 0 Å². The van der Waals surface area contributed by atoms with Crippen LogP contribution in [0, 0.1) is 0 Å². The van der Waals surface area contributed by atoms with Crippen molar-refractivity contribution < 1.29 is 0 Å². The number of rotatable bonds is 1. The Morgan fingerprint density at radius 3 is 3.06 bits per heavy atom. The molecule has 0 saturated heterocycles. The van der Waals surface area contributed by atoms with Crippen molar-refractivity contribution in [2.45, 2.75) is 6.04 Å². The summed E-state index contributed by atoms with van der Waals surface area (Å²) in [6.45, 7) is 8.76. The molecule has 2 aliphatic heterocycles. The van der Waals surface area contributed by atoms with Gasteiger partial charge in [0, 0.05) is 18.3 Å². The molecule has 0 saturated carbocycles. The van der Waals surface area contributed by atoms with Gasteiger partial charge < -0.3 is 9.80 Å². The van der Waals surface area contributed by atoms with Gasteiger partial charge in [-0.2, -0.15) is 0 Å². The minimum Gasteiger partial charge on any atom is -0.341 e. The number of aliphatic imine (C=N–C) groups is 1. The highest BCUT2D eigenvalue weighted by Crippen LogP contribution is 2.45. The molecule has 0 N–H and O–H groups in total. The summed E-state index contributed by atoms with van der Waals surface area (Å²) in [5.74, 6) is 0. The summed E-state index contributed by atoms with van der Waals surface area (Å²) in [6.07, 6.45) is 3.83. The Morgan fingerprint density at radius 1 is 1.47 bits per heavy atom. The largest absolute Gasteiger partial charge is 0.341 e. The molecule has 0 spiro atoms. The normalized spacial score (nSPS) is 23.4. The van der Waals surface area contributed by atoms with Crippen LogP contribution in [0.3, 0.4) is 0 Å². The molecular formula is C14H15N3. The van der Waals surface area contributed by atoms with Crippen LogP contribution in [-0.4, -0.2) is 25.0 Å². The number of nitrogens with zero attached hydrogens (tertiary/aromatic N) is 3. The molecule has 17 heavy (non-hydrogen) atoms. The molecule has 0 aliphatic carbocycles. The van der Waals surface area contributed by atoms with Gasteiger partial charge in [-0.1, -0.05) is 24.8 Å². The SMILES string of the molecule is C=CC1c2cccc3c2C(=C)N1C/N=C\N3C. The first-order valence-corrected chi connectivity index (χ1v) is 5.68. The van der Waals surface area contributed by atoms with Crippen LogP contribution < -0.4 is 4.90 Å². The first kappa shape index (κ1) is 10.1. The first-order valence-electron chi connectivity index (χ1n) is 5.68. The Kier molecular flexibility index (Phi) is 2.08. The van der Waals surface area contributed by atoms with Crippen molar-refractivity contribution in [1.82, 2.24) is 4.90 Å². The molecule has 0 amide bonds. The van der Waals surface area contributed by atoms with Crippen LogP contribution in [0.2, 0.25) is 0 Å². The summed E-state index contributed by atoms with van der Waals surface area (Å²) < 4.78 is 0. The summed E-state index contributed by atoms with van der Waals surface area (Å²) >= 11 is 0. The van der Waals surface area contributed by atoms with E-state index in [1.807, 2.05) is 24.4 Å². The smallest absolute Gasteiger partial charge is 0.112 e. The first-order chi connectivity index (χ1) is 8.24. The monoisotopic (exact) mass is 225 g/mol. The number of hydrogen-bond donors (Lipinski definition) is 0. The standard InChI is InChI=1S/C14H15N3/c1-4-12-11-6-5-7-13-14(11)10(2)17(12)9-15-8-16(13)3/h4-8,12H,1-2,9H2,3H3/b15-8-. The van der Waals surface area contributed by atoms with Gasteiger partial charge >= 0.3 is 0 Å². The van der Waals surface area contributed by atoms with E-state index in [1.54, 1.807) is 0 Å². The van der Waals surface area contributed by atoms with Gasteiger partial charge in [-0.3, -0.25) is 4.99 Å². The Balaban J connectivity index is 2.31. The van der Waals surface area contributed by atoms with Crippen molar-refractivity contribution in [3.8, 4) is 0 Å². The zero-order valence-electron chi connectivity index (χ0n) is 9.93. The molecule has 2 heterocycles. The van der Waals surface area contributed by atoms with Crippen molar-refractivity contribution in [3.05, 3.63) is 48.6 Å². The molecule has 3 heteroatoms. The maximum atomic E-state index is 4.42. The average molecular weight is 225 g/mol. The van der Waals surface area contributed by atoms with Crippen LogP contribution in [0.15, 0.2) is 42.4 Å². The minimum atomic E-state index is 0.195. The maximum Gasteiger partial charge on any atom is 0.112 e. The van der Waals surface area contributed by atoms with Crippen molar-refractivity contribution in [1.29, 1.82) is 0 Å². The van der Waals surface area contributed by atoms with Gasteiger partial charge in [0.1, 0.15) is 6.67 Å². The van der Waals surface area contributed by atoms with E-state index in [-0.39, 0.29) is 6.04 Å². The summed E-state index contributed by atoms with van der Waals surface area (Å²) in [6, 6.07) is 6.53. The summed E-state index contributed by atoms with van der Waals surface area (Å²) in [5.41, 5.74) is 4.71. The second kappa shape index (κ2) is 3.48. The van der Waals surface area contributed by atoms with Crippen molar-refractivity contribution in [3.63, 3.8) is 0 Å². The lowest BCUT2D eigenvalue weighted by Crippen LogP contribution is -2.23. The fraction of sp³-hybridized carbons (Fsp3) is 0.214. The third-order valence-corrected chi connectivity index (χ3v) is 3.46. The molecule has 0 aromatic heterocycles. The zero-order valence-corrected chi connectivity index (χ0v) is 9.93. The molecule has 1 atom stereocenters. The van der Waals surface area contributed by atoms with Crippen LogP contribution in [-0.2, 0) is 0 Å². The third kappa shape index (κ3) is 1.25. The molecule has 1 aromatic rings. The van der Waals surface area contributed by atoms with Crippen LogP contribution in [0.4, 0.5) is 5.69 Å². The highest BCUT2D eigenvalue weighted by molar-refractivity contribution is 5.89. The lowest BCUT2D eigenvalue weighted by molar-refractivity contribution is 0.377. The Labute approximate surface area is 101 Å². The van der Waals surface area contributed by atoms with Crippen LogP contribution in [0.25, 0.3) is 5.70 Å². The number of benzene rings is 1. The van der Waals surface area contributed by atoms with Gasteiger partial charge in [-0.05, 0) is 11.6 Å². The van der Waals surface area contributed by atoms with Crippen molar-refractivity contribution in [2.75, 3.05) is 18.6 Å². The van der Waals surface area contributed by atoms with Crippen LogP contribution in [0.5, 0.6) is 0 Å². The molecule has 3 nitrogen and oxygen atoms in total. The molecule has 86 valence electrons. The summed E-state index contributed by atoms with van der Waals surface area (Å²) in [7, 11) is 2.02. The van der Waals surface area contributed by atoms with Gasteiger partial charge in [0.2, 0.25) is 0 Å². The van der Waals surface area contributed by atoms with E-state index in [0.717, 1.165) is 11.4 Å². The van der Waals surface area contributed by atoms with E-state index in [1.165, 1.54) is 11.1 Å².